The zero-order chi connectivity index (χ0) is 12.3. The van der Waals surface area contributed by atoms with Crippen LogP contribution in [0.25, 0.3) is 0 Å². The molecule has 2 N–H and O–H groups in total. The van der Waals surface area contributed by atoms with Crippen LogP contribution in [-0.2, 0) is 0 Å². The van der Waals surface area contributed by atoms with Crippen LogP contribution in [0.1, 0.15) is 24.9 Å². The maximum atomic E-state index is 11.7. The first-order valence-corrected chi connectivity index (χ1v) is 6.05. The molecule has 1 saturated heterocycles. The van der Waals surface area contributed by atoms with Gasteiger partial charge < -0.3 is 10.6 Å². The highest BCUT2D eigenvalue weighted by Crippen LogP contribution is 2.20. The van der Waals surface area contributed by atoms with E-state index in [2.05, 4.69) is 29.7 Å². The summed E-state index contributed by atoms with van der Waals surface area (Å²) in [7, 11) is 1.94. The van der Waals surface area contributed by atoms with Crippen LogP contribution >= 0.6 is 0 Å². The van der Waals surface area contributed by atoms with Crippen molar-refractivity contribution in [1.82, 2.24) is 10.6 Å². The van der Waals surface area contributed by atoms with E-state index in [1.54, 1.807) is 4.90 Å². The molecule has 2 rings (SSSR count). The highest BCUT2D eigenvalue weighted by Gasteiger charge is 2.18. The van der Waals surface area contributed by atoms with Gasteiger partial charge in [0.25, 0.3) is 0 Å². The molecule has 17 heavy (non-hydrogen) atoms. The van der Waals surface area contributed by atoms with Crippen molar-refractivity contribution in [1.29, 1.82) is 0 Å². The SMILES string of the molecule is CNC(C)c1ccc(N2CCCNC2=O)cc1. The third-order valence-electron chi connectivity index (χ3n) is 3.22. The molecule has 0 spiro atoms. The predicted octanol–water partition coefficient (Wildman–Crippen LogP) is 1.89. The smallest absolute Gasteiger partial charge is 0.321 e. The molecule has 1 atom stereocenters. The van der Waals surface area contributed by atoms with Gasteiger partial charge in [-0.05, 0) is 38.1 Å². The minimum absolute atomic E-state index is 0.00525. The first-order chi connectivity index (χ1) is 8.22. The fraction of sp³-hybridized carbons (Fsp3) is 0.462. The Morgan fingerprint density at radius 2 is 2.06 bits per heavy atom. The van der Waals surface area contributed by atoms with E-state index in [9.17, 15) is 4.79 Å². The van der Waals surface area contributed by atoms with Gasteiger partial charge in [-0.3, -0.25) is 4.90 Å². The summed E-state index contributed by atoms with van der Waals surface area (Å²) < 4.78 is 0. The average Bonchev–Trinajstić information content (AvgIpc) is 2.39. The summed E-state index contributed by atoms with van der Waals surface area (Å²) in [5.74, 6) is 0. The number of hydrogen-bond donors (Lipinski definition) is 2. The van der Waals surface area contributed by atoms with Crippen molar-refractivity contribution in [3.8, 4) is 0 Å². The maximum Gasteiger partial charge on any atom is 0.321 e. The van der Waals surface area contributed by atoms with E-state index in [1.807, 2.05) is 19.2 Å². The first-order valence-electron chi connectivity index (χ1n) is 6.05. The number of benzene rings is 1. The van der Waals surface area contributed by atoms with Crippen LogP contribution in [0.3, 0.4) is 0 Å². The minimum Gasteiger partial charge on any atom is -0.338 e. The third-order valence-corrected chi connectivity index (χ3v) is 3.22. The van der Waals surface area contributed by atoms with Gasteiger partial charge in [0.2, 0.25) is 0 Å². The minimum atomic E-state index is 0.00525. The molecular weight excluding hydrogens is 214 g/mol. The van der Waals surface area contributed by atoms with Crippen molar-refractivity contribution in [2.24, 2.45) is 0 Å². The Bertz CT molecular complexity index is 388. The van der Waals surface area contributed by atoms with Gasteiger partial charge in [-0.25, -0.2) is 4.79 Å². The molecule has 1 aliphatic rings. The van der Waals surface area contributed by atoms with Crippen LogP contribution in [0.15, 0.2) is 24.3 Å². The summed E-state index contributed by atoms with van der Waals surface area (Å²) in [5.41, 5.74) is 2.20. The lowest BCUT2D eigenvalue weighted by Gasteiger charge is -2.27. The second kappa shape index (κ2) is 5.19. The van der Waals surface area contributed by atoms with Crippen molar-refractivity contribution in [2.45, 2.75) is 19.4 Å². The normalized spacial score (nSPS) is 17.8. The summed E-state index contributed by atoms with van der Waals surface area (Å²) in [5, 5.41) is 6.05. The molecule has 4 heteroatoms. The molecule has 2 amide bonds. The van der Waals surface area contributed by atoms with Crippen molar-refractivity contribution in [3.05, 3.63) is 29.8 Å². The molecule has 1 aromatic carbocycles. The number of nitrogens with zero attached hydrogens (tertiary/aromatic N) is 1. The van der Waals surface area contributed by atoms with Gasteiger partial charge in [0.05, 0.1) is 0 Å². The monoisotopic (exact) mass is 233 g/mol. The highest BCUT2D eigenvalue weighted by atomic mass is 16.2. The average molecular weight is 233 g/mol. The largest absolute Gasteiger partial charge is 0.338 e. The van der Waals surface area contributed by atoms with E-state index in [4.69, 9.17) is 0 Å². The lowest BCUT2D eigenvalue weighted by molar-refractivity contribution is 0.243. The highest BCUT2D eigenvalue weighted by molar-refractivity contribution is 5.92. The molecule has 0 aliphatic carbocycles. The summed E-state index contributed by atoms with van der Waals surface area (Å²) in [4.78, 5) is 13.5. The molecule has 4 nitrogen and oxygen atoms in total. The number of anilines is 1. The molecule has 1 heterocycles. The van der Waals surface area contributed by atoms with Gasteiger partial charge in [0.1, 0.15) is 0 Å². The molecule has 1 unspecified atom stereocenters. The van der Waals surface area contributed by atoms with Crippen LogP contribution < -0.4 is 15.5 Å². The van der Waals surface area contributed by atoms with Crippen LogP contribution in [0.5, 0.6) is 0 Å². The second-order valence-corrected chi connectivity index (χ2v) is 4.34. The Labute approximate surface area is 102 Å². The third kappa shape index (κ3) is 2.58. The molecule has 92 valence electrons. The standard InChI is InChI=1S/C13H19N3O/c1-10(14-2)11-4-6-12(7-5-11)16-9-3-8-15-13(16)17/h4-7,10,14H,3,8-9H2,1-2H3,(H,15,17). The van der Waals surface area contributed by atoms with Crippen molar-refractivity contribution in [2.75, 3.05) is 25.0 Å². The van der Waals surface area contributed by atoms with Gasteiger partial charge >= 0.3 is 6.03 Å². The number of nitrogens with one attached hydrogen (secondary N) is 2. The quantitative estimate of drug-likeness (QED) is 0.837. The van der Waals surface area contributed by atoms with Gasteiger partial charge in [-0.15, -0.1) is 0 Å². The van der Waals surface area contributed by atoms with E-state index in [1.165, 1.54) is 5.56 Å². The second-order valence-electron chi connectivity index (χ2n) is 4.34. The van der Waals surface area contributed by atoms with Crippen LogP contribution in [0, 0.1) is 0 Å². The fourth-order valence-corrected chi connectivity index (χ4v) is 1.99. The molecule has 1 aromatic rings. The fourth-order valence-electron chi connectivity index (χ4n) is 1.99. The first kappa shape index (κ1) is 11.9. The number of carbonyl (C=O) groups excluding carboxylic acids is 1. The molecule has 1 aliphatic heterocycles. The zero-order valence-electron chi connectivity index (χ0n) is 10.4. The van der Waals surface area contributed by atoms with Crippen LogP contribution in [0.4, 0.5) is 10.5 Å². The number of hydrogen-bond acceptors (Lipinski definition) is 2. The molecule has 0 saturated carbocycles. The van der Waals surface area contributed by atoms with Crippen LogP contribution in [0.2, 0.25) is 0 Å². The maximum absolute atomic E-state index is 11.7. The predicted molar refractivity (Wildman–Crippen MR) is 69.3 cm³/mol. The number of carbonyl (C=O) groups is 1. The van der Waals surface area contributed by atoms with Crippen molar-refractivity contribution in [3.63, 3.8) is 0 Å². The molecule has 0 bridgehead atoms. The molecule has 0 aromatic heterocycles. The number of urea groups is 1. The van der Waals surface area contributed by atoms with Gasteiger partial charge in [-0.2, -0.15) is 0 Å². The summed E-state index contributed by atoms with van der Waals surface area (Å²) >= 11 is 0. The van der Waals surface area contributed by atoms with E-state index in [0.717, 1.165) is 25.2 Å². The number of amides is 2. The molecule has 0 radical (unpaired) electrons. The van der Waals surface area contributed by atoms with Gasteiger partial charge in [0, 0.05) is 24.8 Å². The Balaban J connectivity index is 2.14. The Morgan fingerprint density at radius 3 is 2.65 bits per heavy atom. The lowest BCUT2D eigenvalue weighted by Crippen LogP contribution is -2.46. The number of rotatable bonds is 3. The Kier molecular flexibility index (Phi) is 3.64. The van der Waals surface area contributed by atoms with Crippen molar-refractivity contribution >= 4 is 11.7 Å². The summed E-state index contributed by atoms with van der Waals surface area (Å²) in [6, 6.07) is 8.49. The van der Waals surface area contributed by atoms with E-state index in [-0.39, 0.29) is 6.03 Å². The van der Waals surface area contributed by atoms with E-state index < -0.39 is 0 Å². The van der Waals surface area contributed by atoms with Crippen molar-refractivity contribution < 1.29 is 4.79 Å². The van der Waals surface area contributed by atoms with Gasteiger partial charge in [0.15, 0.2) is 0 Å². The van der Waals surface area contributed by atoms with E-state index in [0.29, 0.717) is 6.04 Å². The Morgan fingerprint density at radius 1 is 1.35 bits per heavy atom. The van der Waals surface area contributed by atoms with E-state index >= 15 is 0 Å². The van der Waals surface area contributed by atoms with Gasteiger partial charge in [-0.1, -0.05) is 12.1 Å². The Hall–Kier alpha value is -1.55. The summed E-state index contributed by atoms with van der Waals surface area (Å²) in [6.45, 7) is 3.69. The molecule has 1 fully saturated rings. The zero-order valence-corrected chi connectivity index (χ0v) is 10.4. The van der Waals surface area contributed by atoms with Crippen LogP contribution in [-0.4, -0.2) is 26.2 Å². The topological polar surface area (TPSA) is 44.4 Å². The molecular formula is C13H19N3O. The lowest BCUT2D eigenvalue weighted by atomic mass is 10.1. The summed E-state index contributed by atoms with van der Waals surface area (Å²) in [6.07, 6.45) is 1.00.